The van der Waals surface area contributed by atoms with Crippen LogP contribution in [0.4, 0.5) is 4.39 Å². The molecule has 1 fully saturated rings. The highest BCUT2D eigenvalue weighted by Crippen LogP contribution is 2.18. The van der Waals surface area contributed by atoms with E-state index in [2.05, 4.69) is 26.3 Å². The summed E-state index contributed by atoms with van der Waals surface area (Å²) >= 11 is 3.19. The molecule has 7 heteroatoms. The van der Waals surface area contributed by atoms with Gasteiger partial charge < -0.3 is 5.32 Å². The number of nitrogens with zero attached hydrogens (tertiary/aromatic N) is 1. The van der Waals surface area contributed by atoms with Crippen LogP contribution in [0.5, 0.6) is 0 Å². The first kappa shape index (κ1) is 13.7. The molecule has 2 amide bonds. The molecule has 0 spiro atoms. The van der Waals surface area contributed by atoms with Crippen LogP contribution < -0.4 is 10.7 Å². The van der Waals surface area contributed by atoms with E-state index < -0.39 is 17.6 Å². The largest absolute Gasteiger partial charge is 0.345 e. The summed E-state index contributed by atoms with van der Waals surface area (Å²) in [6.07, 6.45) is 2.93. The highest BCUT2D eigenvalue weighted by atomic mass is 79.9. The molecule has 0 aromatic heterocycles. The van der Waals surface area contributed by atoms with Crippen LogP contribution in [0.25, 0.3) is 0 Å². The number of hydrogen-bond acceptors (Lipinski definition) is 3. The quantitative estimate of drug-likeness (QED) is 0.499. The molecule has 0 aliphatic heterocycles. The lowest BCUT2D eigenvalue weighted by Gasteiger charge is -2.01. The van der Waals surface area contributed by atoms with Gasteiger partial charge in [0.1, 0.15) is 5.82 Å². The fraction of sp³-hybridized carbons (Fsp3) is 0.250. The molecule has 1 aliphatic carbocycles. The summed E-state index contributed by atoms with van der Waals surface area (Å²) < 4.78 is 14.0. The number of halogens is 2. The molecule has 1 aliphatic rings. The zero-order valence-electron chi connectivity index (χ0n) is 9.82. The number of hydrogen-bond donors (Lipinski definition) is 2. The number of benzene rings is 1. The Bertz CT molecular complexity index is 544. The lowest BCUT2D eigenvalue weighted by Crippen LogP contribution is -2.38. The Balaban J connectivity index is 1.89. The molecule has 2 N–H and O–H groups in total. The first-order valence-corrected chi connectivity index (χ1v) is 6.44. The maximum absolute atomic E-state index is 13.3. The summed E-state index contributed by atoms with van der Waals surface area (Å²) in [5.41, 5.74) is 2.25. The van der Waals surface area contributed by atoms with Crippen molar-refractivity contribution in [1.29, 1.82) is 0 Å². The van der Waals surface area contributed by atoms with Crippen molar-refractivity contribution >= 4 is 34.0 Å². The van der Waals surface area contributed by atoms with Crippen LogP contribution in [0.2, 0.25) is 0 Å². The molecule has 2 rings (SSSR count). The van der Waals surface area contributed by atoms with Gasteiger partial charge in [0.25, 0.3) is 0 Å². The van der Waals surface area contributed by atoms with Gasteiger partial charge in [-0.15, -0.1) is 0 Å². The Morgan fingerprint density at radius 2 is 2.11 bits per heavy atom. The first-order chi connectivity index (χ1) is 9.06. The normalized spacial score (nSPS) is 14.4. The van der Waals surface area contributed by atoms with Crippen LogP contribution in [0, 0.1) is 5.82 Å². The monoisotopic (exact) mass is 327 g/mol. The van der Waals surface area contributed by atoms with Gasteiger partial charge in [-0.2, -0.15) is 5.10 Å². The molecule has 5 nitrogen and oxygen atoms in total. The lowest BCUT2D eigenvalue weighted by molar-refractivity contribution is -0.139. The van der Waals surface area contributed by atoms with E-state index in [1.165, 1.54) is 12.1 Å². The van der Waals surface area contributed by atoms with Gasteiger partial charge in [-0.05, 0) is 31.0 Å². The second kappa shape index (κ2) is 5.92. The summed E-state index contributed by atoms with van der Waals surface area (Å²) in [6.45, 7) is 0. The first-order valence-electron chi connectivity index (χ1n) is 5.65. The van der Waals surface area contributed by atoms with Crippen molar-refractivity contribution in [2.45, 2.75) is 18.9 Å². The predicted octanol–water partition coefficient (Wildman–Crippen LogP) is 1.32. The van der Waals surface area contributed by atoms with E-state index in [1.54, 1.807) is 6.07 Å². The molecule has 1 saturated carbocycles. The highest BCUT2D eigenvalue weighted by Gasteiger charge is 2.26. The number of amides is 2. The molecule has 1 aromatic rings. The van der Waals surface area contributed by atoms with E-state index in [0.29, 0.717) is 4.47 Å². The van der Waals surface area contributed by atoms with Gasteiger partial charge in [0, 0.05) is 16.1 Å². The van der Waals surface area contributed by atoms with E-state index in [0.717, 1.165) is 19.1 Å². The molecule has 0 saturated heterocycles. The third-order valence-corrected chi connectivity index (χ3v) is 2.94. The second-order valence-corrected chi connectivity index (χ2v) is 5.03. The van der Waals surface area contributed by atoms with Gasteiger partial charge in [-0.1, -0.05) is 15.9 Å². The smallest absolute Gasteiger partial charge is 0.329 e. The Labute approximate surface area is 117 Å². The van der Waals surface area contributed by atoms with Crippen molar-refractivity contribution in [3.63, 3.8) is 0 Å². The Morgan fingerprint density at radius 3 is 2.79 bits per heavy atom. The summed E-state index contributed by atoms with van der Waals surface area (Å²) in [7, 11) is 0. The number of carbonyl (C=O) groups is 2. The number of nitrogens with one attached hydrogen (secondary N) is 2. The molecule has 1 aromatic carbocycles. The molecule has 100 valence electrons. The minimum Gasteiger partial charge on any atom is -0.345 e. The van der Waals surface area contributed by atoms with Crippen LogP contribution in [0.15, 0.2) is 27.8 Å². The third-order valence-electron chi connectivity index (χ3n) is 2.45. The van der Waals surface area contributed by atoms with Crippen LogP contribution in [0.3, 0.4) is 0 Å². The van der Waals surface area contributed by atoms with Gasteiger partial charge in [0.15, 0.2) is 0 Å². The minimum absolute atomic E-state index is 0.102. The van der Waals surface area contributed by atoms with Gasteiger partial charge in [-0.25, -0.2) is 9.82 Å². The predicted molar refractivity (Wildman–Crippen MR) is 71.0 cm³/mol. The molecule has 0 bridgehead atoms. The van der Waals surface area contributed by atoms with Crippen LogP contribution in [0.1, 0.15) is 18.4 Å². The fourth-order valence-electron chi connectivity index (χ4n) is 1.30. The molecule has 0 unspecified atom stereocenters. The van der Waals surface area contributed by atoms with Crippen molar-refractivity contribution in [1.82, 2.24) is 10.7 Å². The molecular formula is C12H11BrFN3O2. The van der Waals surface area contributed by atoms with E-state index >= 15 is 0 Å². The van der Waals surface area contributed by atoms with Crippen molar-refractivity contribution in [3.05, 3.63) is 34.1 Å². The summed E-state index contributed by atoms with van der Waals surface area (Å²) in [4.78, 5) is 22.6. The second-order valence-electron chi connectivity index (χ2n) is 4.11. The summed E-state index contributed by atoms with van der Waals surface area (Å²) in [6, 6.07) is 4.43. The van der Waals surface area contributed by atoms with E-state index in [-0.39, 0.29) is 11.6 Å². The highest BCUT2D eigenvalue weighted by molar-refractivity contribution is 9.10. The lowest BCUT2D eigenvalue weighted by atomic mass is 10.2. The summed E-state index contributed by atoms with van der Waals surface area (Å²) in [5, 5.41) is 6.06. The van der Waals surface area contributed by atoms with Gasteiger partial charge >= 0.3 is 11.8 Å². The third kappa shape index (κ3) is 4.13. The molecule has 0 radical (unpaired) electrons. The van der Waals surface area contributed by atoms with Gasteiger partial charge in [-0.3, -0.25) is 9.59 Å². The van der Waals surface area contributed by atoms with Crippen molar-refractivity contribution in [3.8, 4) is 0 Å². The minimum atomic E-state index is -0.862. The fourth-order valence-corrected chi connectivity index (χ4v) is 1.68. The maximum Gasteiger partial charge on any atom is 0.329 e. The molecule has 19 heavy (non-hydrogen) atoms. The van der Waals surface area contributed by atoms with E-state index in [1.807, 2.05) is 5.43 Å². The zero-order chi connectivity index (χ0) is 13.8. The molecular weight excluding hydrogens is 317 g/mol. The standard InChI is InChI=1S/C12H11BrFN3O2/c13-8-1-4-10(14)7(5-8)6-15-17-12(19)11(18)16-9-2-3-9/h1,4-6,9H,2-3H2,(H,16,18)(H,17,19)/b15-6-. The van der Waals surface area contributed by atoms with Gasteiger partial charge in [0.05, 0.1) is 6.21 Å². The number of hydrazone groups is 1. The summed E-state index contributed by atoms with van der Waals surface area (Å²) in [5.74, 6) is -2.06. The van der Waals surface area contributed by atoms with E-state index in [4.69, 9.17) is 0 Å². The van der Waals surface area contributed by atoms with Crippen molar-refractivity contribution in [2.24, 2.45) is 5.10 Å². The number of rotatable bonds is 3. The van der Waals surface area contributed by atoms with Crippen LogP contribution >= 0.6 is 15.9 Å². The Morgan fingerprint density at radius 1 is 1.37 bits per heavy atom. The van der Waals surface area contributed by atoms with E-state index in [9.17, 15) is 14.0 Å². The Hall–Kier alpha value is -1.76. The SMILES string of the molecule is O=C(N/N=C\c1cc(Br)ccc1F)C(=O)NC1CC1. The van der Waals surface area contributed by atoms with Crippen LogP contribution in [-0.2, 0) is 9.59 Å². The number of carbonyl (C=O) groups excluding carboxylic acids is 2. The Kier molecular flexibility index (Phi) is 4.26. The molecule has 0 heterocycles. The molecule has 0 atom stereocenters. The maximum atomic E-state index is 13.3. The average Bonchev–Trinajstić information content (AvgIpc) is 3.17. The zero-order valence-corrected chi connectivity index (χ0v) is 11.4. The average molecular weight is 328 g/mol. The topological polar surface area (TPSA) is 70.6 Å². The van der Waals surface area contributed by atoms with Gasteiger partial charge in [0.2, 0.25) is 0 Å². The van der Waals surface area contributed by atoms with Crippen molar-refractivity contribution < 1.29 is 14.0 Å². The van der Waals surface area contributed by atoms with Crippen LogP contribution in [-0.4, -0.2) is 24.1 Å². The van der Waals surface area contributed by atoms with Crippen molar-refractivity contribution in [2.75, 3.05) is 0 Å².